The number of thiophene rings is 1. The molecular weight excluding hydrogens is 328 g/mol. The molecule has 126 valence electrons. The SMILES string of the molecule is CC(C)(C)CCNC(=O)CSc1nncn1CCc1cccs1. The Morgan fingerprint density at radius 1 is 1.43 bits per heavy atom. The van der Waals surface area contributed by atoms with E-state index in [0.717, 1.165) is 24.5 Å². The van der Waals surface area contributed by atoms with E-state index >= 15 is 0 Å². The zero-order valence-electron chi connectivity index (χ0n) is 13.9. The summed E-state index contributed by atoms with van der Waals surface area (Å²) in [6.45, 7) is 8.06. The molecule has 0 saturated carbocycles. The van der Waals surface area contributed by atoms with E-state index in [1.165, 1.54) is 16.6 Å². The van der Waals surface area contributed by atoms with Gasteiger partial charge in [0.25, 0.3) is 0 Å². The fourth-order valence-corrected chi connectivity index (χ4v) is 3.42. The Bertz CT molecular complexity index is 602. The molecule has 0 saturated heterocycles. The second-order valence-corrected chi connectivity index (χ2v) is 8.56. The van der Waals surface area contributed by atoms with Crippen molar-refractivity contribution in [2.45, 2.75) is 45.3 Å². The van der Waals surface area contributed by atoms with Crippen LogP contribution < -0.4 is 5.32 Å². The van der Waals surface area contributed by atoms with Crippen molar-refractivity contribution in [3.8, 4) is 0 Å². The van der Waals surface area contributed by atoms with Crippen molar-refractivity contribution in [2.24, 2.45) is 5.41 Å². The summed E-state index contributed by atoms with van der Waals surface area (Å²) in [6, 6.07) is 4.19. The number of nitrogens with one attached hydrogen (secondary N) is 1. The fraction of sp³-hybridized carbons (Fsp3) is 0.562. The maximum atomic E-state index is 11.9. The van der Waals surface area contributed by atoms with Gasteiger partial charge in [-0.25, -0.2) is 0 Å². The first-order valence-corrected chi connectivity index (χ1v) is 9.60. The molecule has 23 heavy (non-hydrogen) atoms. The van der Waals surface area contributed by atoms with Crippen molar-refractivity contribution in [1.29, 1.82) is 0 Å². The van der Waals surface area contributed by atoms with E-state index in [0.29, 0.717) is 12.3 Å². The number of carbonyl (C=O) groups excluding carboxylic acids is 1. The van der Waals surface area contributed by atoms with E-state index in [-0.39, 0.29) is 11.3 Å². The van der Waals surface area contributed by atoms with Crippen LogP contribution in [0.1, 0.15) is 32.1 Å². The van der Waals surface area contributed by atoms with Gasteiger partial charge in [-0.05, 0) is 29.7 Å². The van der Waals surface area contributed by atoms with Crippen LogP contribution in [0.5, 0.6) is 0 Å². The highest BCUT2D eigenvalue weighted by Gasteiger charge is 2.12. The molecule has 0 aliphatic rings. The maximum Gasteiger partial charge on any atom is 0.230 e. The van der Waals surface area contributed by atoms with Gasteiger partial charge in [-0.2, -0.15) is 0 Å². The molecular formula is C16H24N4OS2. The number of rotatable bonds is 8. The molecule has 0 radical (unpaired) electrons. The van der Waals surface area contributed by atoms with E-state index in [2.05, 4.69) is 53.8 Å². The van der Waals surface area contributed by atoms with Crippen molar-refractivity contribution in [3.63, 3.8) is 0 Å². The van der Waals surface area contributed by atoms with Gasteiger partial charge in [-0.3, -0.25) is 4.79 Å². The molecule has 7 heteroatoms. The quantitative estimate of drug-likeness (QED) is 0.741. The Morgan fingerprint density at radius 3 is 2.96 bits per heavy atom. The number of aromatic nitrogens is 3. The summed E-state index contributed by atoms with van der Waals surface area (Å²) in [5, 5.41) is 13.9. The zero-order valence-corrected chi connectivity index (χ0v) is 15.5. The average molecular weight is 353 g/mol. The van der Waals surface area contributed by atoms with Crippen LogP contribution in [0.4, 0.5) is 0 Å². The molecule has 0 unspecified atom stereocenters. The smallest absolute Gasteiger partial charge is 0.230 e. The number of amides is 1. The van der Waals surface area contributed by atoms with Crippen LogP contribution in [0.25, 0.3) is 0 Å². The lowest BCUT2D eigenvalue weighted by molar-refractivity contribution is -0.118. The number of hydrogen-bond donors (Lipinski definition) is 1. The fourth-order valence-electron chi connectivity index (χ4n) is 1.95. The van der Waals surface area contributed by atoms with Gasteiger partial charge in [-0.1, -0.05) is 38.6 Å². The van der Waals surface area contributed by atoms with Gasteiger partial charge in [0.2, 0.25) is 5.91 Å². The summed E-state index contributed by atoms with van der Waals surface area (Å²) >= 11 is 3.19. The van der Waals surface area contributed by atoms with E-state index in [4.69, 9.17) is 0 Å². The first-order chi connectivity index (χ1) is 10.9. The monoisotopic (exact) mass is 352 g/mol. The lowest BCUT2D eigenvalue weighted by atomic mass is 9.92. The summed E-state index contributed by atoms with van der Waals surface area (Å²) in [7, 11) is 0. The van der Waals surface area contributed by atoms with Gasteiger partial charge in [-0.15, -0.1) is 21.5 Å². The van der Waals surface area contributed by atoms with Crippen molar-refractivity contribution in [2.75, 3.05) is 12.3 Å². The Balaban J connectivity index is 1.73. The predicted octanol–water partition coefficient (Wildman–Crippen LogP) is 3.23. The lowest BCUT2D eigenvalue weighted by Gasteiger charge is -2.17. The summed E-state index contributed by atoms with van der Waals surface area (Å²) in [5.74, 6) is 0.425. The Morgan fingerprint density at radius 2 is 2.26 bits per heavy atom. The van der Waals surface area contributed by atoms with Gasteiger partial charge >= 0.3 is 0 Å². The molecule has 0 spiro atoms. The number of nitrogens with zero attached hydrogens (tertiary/aromatic N) is 3. The van der Waals surface area contributed by atoms with Gasteiger partial charge in [0.05, 0.1) is 5.75 Å². The number of aryl methyl sites for hydroxylation is 2. The van der Waals surface area contributed by atoms with Crippen LogP contribution >= 0.6 is 23.1 Å². The van der Waals surface area contributed by atoms with E-state index < -0.39 is 0 Å². The Labute approximate surface area is 145 Å². The lowest BCUT2D eigenvalue weighted by Crippen LogP contribution is -2.28. The highest BCUT2D eigenvalue weighted by molar-refractivity contribution is 7.99. The van der Waals surface area contributed by atoms with Crippen LogP contribution in [-0.4, -0.2) is 33.0 Å². The zero-order chi connectivity index (χ0) is 16.7. The highest BCUT2D eigenvalue weighted by Crippen LogP contribution is 2.18. The highest BCUT2D eigenvalue weighted by atomic mass is 32.2. The maximum absolute atomic E-state index is 11.9. The molecule has 2 aromatic heterocycles. The first kappa shape index (κ1) is 18.0. The van der Waals surface area contributed by atoms with Crippen LogP contribution in [-0.2, 0) is 17.8 Å². The van der Waals surface area contributed by atoms with Crippen LogP contribution in [0, 0.1) is 5.41 Å². The third kappa shape index (κ3) is 6.74. The minimum atomic E-state index is 0.0482. The summed E-state index contributed by atoms with van der Waals surface area (Å²) in [6.07, 6.45) is 3.66. The average Bonchev–Trinajstić information content (AvgIpc) is 3.13. The normalized spacial score (nSPS) is 11.6. The van der Waals surface area contributed by atoms with Crippen molar-refractivity contribution in [3.05, 3.63) is 28.7 Å². The molecule has 0 atom stereocenters. The molecule has 2 heterocycles. The van der Waals surface area contributed by atoms with Crippen LogP contribution in [0.3, 0.4) is 0 Å². The topological polar surface area (TPSA) is 59.8 Å². The van der Waals surface area contributed by atoms with Crippen LogP contribution in [0.15, 0.2) is 29.0 Å². The molecule has 1 N–H and O–H groups in total. The third-order valence-corrected chi connectivity index (χ3v) is 5.21. The molecule has 0 aromatic carbocycles. The number of thioether (sulfide) groups is 1. The van der Waals surface area contributed by atoms with Crippen molar-refractivity contribution in [1.82, 2.24) is 20.1 Å². The van der Waals surface area contributed by atoms with Gasteiger partial charge < -0.3 is 9.88 Å². The van der Waals surface area contributed by atoms with Gasteiger partial charge in [0.1, 0.15) is 6.33 Å². The Hall–Kier alpha value is -1.34. The van der Waals surface area contributed by atoms with Crippen molar-refractivity contribution < 1.29 is 4.79 Å². The van der Waals surface area contributed by atoms with E-state index in [1.807, 2.05) is 4.57 Å². The summed E-state index contributed by atoms with van der Waals surface area (Å²) in [5.41, 5.74) is 0.238. The molecule has 2 aromatic rings. The molecule has 2 rings (SSSR count). The van der Waals surface area contributed by atoms with Crippen LogP contribution in [0.2, 0.25) is 0 Å². The number of hydrogen-bond acceptors (Lipinski definition) is 5. The van der Waals surface area contributed by atoms with Gasteiger partial charge in [0, 0.05) is 18.0 Å². The molecule has 0 aliphatic heterocycles. The standard InChI is InChI=1S/C16H24N4OS2/c1-16(2,3)7-8-17-14(21)11-23-15-19-18-12-20(15)9-6-13-5-4-10-22-13/h4-5,10,12H,6-9,11H2,1-3H3,(H,17,21). The molecule has 5 nitrogen and oxygen atoms in total. The third-order valence-electron chi connectivity index (χ3n) is 3.29. The minimum absolute atomic E-state index is 0.0482. The van der Waals surface area contributed by atoms with E-state index in [1.54, 1.807) is 17.7 Å². The predicted molar refractivity (Wildman–Crippen MR) is 95.9 cm³/mol. The molecule has 0 bridgehead atoms. The molecule has 0 fully saturated rings. The summed E-state index contributed by atoms with van der Waals surface area (Å²) in [4.78, 5) is 13.2. The van der Waals surface area contributed by atoms with Gasteiger partial charge in [0.15, 0.2) is 5.16 Å². The molecule has 0 aliphatic carbocycles. The Kier molecular flexibility index (Phi) is 6.65. The van der Waals surface area contributed by atoms with E-state index in [9.17, 15) is 4.79 Å². The second-order valence-electron chi connectivity index (χ2n) is 6.59. The van der Waals surface area contributed by atoms with Crippen molar-refractivity contribution >= 4 is 29.0 Å². The number of carbonyl (C=O) groups is 1. The summed E-state index contributed by atoms with van der Waals surface area (Å²) < 4.78 is 2.01. The first-order valence-electron chi connectivity index (χ1n) is 7.74. The molecule has 1 amide bonds. The minimum Gasteiger partial charge on any atom is -0.355 e. The largest absolute Gasteiger partial charge is 0.355 e. The second kappa shape index (κ2) is 8.49.